The summed E-state index contributed by atoms with van der Waals surface area (Å²) in [7, 11) is -3.39. The number of sulfonamides is 1. The van der Waals surface area contributed by atoms with Gasteiger partial charge in [0, 0.05) is 0 Å². The summed E-state index contributed by atoms with van der Waals surface area (Å²) < 4.78 is 20.5. The Morgan fingerprint density at radius 3 is 2.00 bits per heavy atom. The zero-order chi connectivity index (χ0) is 6.78. The maximum absolute atomic E-state index is 10.3. The number of rotatable bonds is 1. The molecule has 0 saturated heterocycles. The summed E-state index contributed by atoms with van der Waals surface area (Å²) in [6.45, 7) is 3.08. The van der Waals surface area contributed by atoms with Crippen LogP contribution in [-0.2, 0) is 10.0 Å². The molecule has 0 fully saturated rings. The summed E-state index contributed by atoms with van der Waals surface area (Å²) in [6, 6.07) is 0. The molecular weight excluding hydrogens is 126 g/mol. The van der Waals surface area contributed by atoms with E-state index in [4.69, 9.17) is 5.14 Å². The van der Waals surface area contributed by atoms with Gasteiger partial charge < -0.3 is 0 Å². The molecule has 8 heavy (non-hydrogen) atoms. The molecule has 0 heterocycles. The summed E-state index contributed by atoms with van der Waals surface area (Å²) in [5.74, 6) is 0. The summed E-state index contributed by atoms with van der Waals surface area (Å²) >= 11 is 0. The monoisotopic (exact) mass is 135 g/mol. The molecule has 0 radical (unpaired) electrons. The largest absolute Gasteiger partial charge is 0.233 e. The SMILES string of the molecule is C/C=C(\C)S(N)(=O)=O. The van der Waals surface area contributed by atoms with Crippen LogP contribution in [0.1, 0.15) is 13.8 Å². The highest BCUT2D eigenvalue weighted by Gasteiger charge is 2.01. The van der Waals surface area contributed by atoms with Gasteiger partial charge in [-0.15, -0.1) is 0 Å². The van der Waals surface area contributed by atoms with Crippen LogP contribution < -0.4 is 5.14 Å². The van der Waals surface area contributed by atoms with Gasteiger partial charge in [0.05, 0.1) is 4.91 Å². The lowest BCUT2D eigenvalue weighted by Gasteiger charge is -1.91. The first kappa shape index (κ1) is 7.65. The predicted octanol–water partition coefficient (Wildman–Crippen LogP) is 0.199. The van der Waals surface area contributed by atoms with Crippen molar-refractivity contribution in [3.8, 4) is 0 Å². The van der Waals surface area contributed by atoms with Gasteiger partial charge in [0.15, 0.2) is 0 Å². The molecule has 2 N–H and O–H groups in total. The molecule has 0 rings (SSSR count). The molecule has 0 unspecified atom stereocenters. The molecule has 0 aromatic rings. The van der Waals surface area contributed by atoms with Crippen molar-refractivity contribution in [1.82, 2.24) is 0 Å². The first-order valence-corrected chi connectivity index (χ1v) is 3.69. The van der Waals surface area contributed by atoms with Gasteiger partial charge in [-0.25, -0.2) is 13.6 Å². The minimum Gasteiger partial charge on any atom is -0.225 e. The van der Waals surface area contributed by atoms with Gasteiger partial charge in [-0.1, -0.05) is 6.08 Å². The van der Waals surface area contributed by atoms with Crippen molar-refractivity contribution in [3.63, 3.8) is 0 Å². The van der Waals surface area contributed by atoms with Gasteiger partial charge in [-0.3, -0.25) is 0 Å². The molecule has 0 aromatic heterocycles. The average molecular weight is 135 g/mol. The highest BCUT2D eigenvalue weighted by Crippen LogP contribution is 1.96. The van der Waals surface area contributed by atoms with Gasteiger partial charge in [-0.2, -0.15) is 0 Å². The molecule has 0 atom stereocenters. The van der Waals surface area contributed by atoms with Crippen LogP contribution in [0.15, 0.2) is 11.0 Å². The van der Waals surface area contributed by atoms with Gasteiger partial charge in [0.1, 0.15) is 0 Å². The third kappa shape index (κ3) is 2.09. The third-order valence-electron chi connectivity index (χ3n) is 0.855. The summed E-state index contributed by atoms with van der Waals surface area (Å²) in [5.41, 5.74) is 0. The van der Waals surface area contributed by atoms with Crippen LogP contribution in [0.2, 0.25) is 0 Å². The van der Waals surface area contributed by atoms with E-state index >= 15 is 0 Å². The molecule has 0 saturated carbocycles. The number of hydrogen-bond acceptors (Lipinski definition) is 2. The standard InChI is InChI=1S/C4H9NO2S/c1-3-4(2)8(5,6)7/h3H,1-2H3,(H2,5,6,7)/b4-3+. The fraction of sp³-hybridized carbons (Fsp3) is 0.500. The molecule has 0 amide bonds. The second-order valence-corrected chi connectivity index (χ2v) is 3.18. The maximum atomic E-state index is 10.3. The van der Waals surface area contributed by atoms with Gasteiger partial charge in [0.25, 0.3) is 0 Å². The predicted molar refractivity (Wildman–Crippen MR) is 32.5 cm³/mol. The first-order valence-electron chi connectivity index (χ1n) is 2.14. The van der Waals surface area contributed by atoms with E-state index in [0.717, 1.165) is 0 Å². The second-order valence-electron chi connectivity index (χ2n) is 1.44. The van der Waals surface area contributed by atoms with E-state index in [9.17, 15) is 8.42 Å². The zero-order valence-electron chi connectivity index (χ0n) is 4.88. The Balaban J connectivity index is 4.55. The molecule has 0 aromatic carbocycles. The minimum atomic E-state index is -3.39. The molecule has 0 aliphatic carbocycles. The number of allylic oxidation sites excluding steroid dienone is 2. The number of nitrogens with two attached hydrogens (primary N) is 1. The van der Waals surface area contributed by atoms with Gasteiger partial charge in [-0.05, 0) is 13.8 Å². The normalized spacial score (nSPS) is 14.1. The van der Waals surface area contributed by atoms with Crippen molar-refractivity contribution in [2.24, 2.45) is 5.14 Å². The summed E-state index contributed by atoms with van der Waals surface area (Å²) in [6.07, 6.45) is 1.45. The Morgan fingerprint density at radius 2 is 2.00 bits per heavy atom. The smallest absolute Gasteiger partial charge is 0.225 e. The van der Waals surface area contributed by atoms with Crippen LogP contribution in [0.3, 0.4) is 0 Å². The number of primary sulfonamides is 1. The number of hydrogen-bond donors (Lipinski definition) is 1. The molecule has 0 aliphatic heterocycles. The maximum Gasteiger partial charge on any atom is 0.233 e. The van der Waals surface area contributed by atoms with E-state index in [1.54, 1.807) is 6.92 Å². The highest BCUT2D eigenvalue weighted by atomic mass is 32.2. The molecule has 0 bridgehead atoms. The first-order chi connectivity index (χ1) is 3.48. The van der Waals surface area contributed by atoms with Crippen molar-refractivity contribution in [2.45, 2.75) is 13.8 Å². The van der Waals surface area contributed by atoms with E-state index in [2.05, 4.69) is 0 Å². The molecule has 3 nitrogen and oxygen atoms in total. The average Bonchev–Trinajstić information content (AvgIpc) is 1.62. The van der Waals surface area contributed by atoms with Crippen molar-refractivity contribution >= 4 is 10.0 Å². The molecule has 0 aliphatic rings. The Bertz CT molecular complexity index is 190. The third-order valence-corrected chi connectivity index (χ3v) is 1.99. The Labute approximate surface area is 49.2 Å². The minimum absolute atomic E-state index is 0.206. The molecular formula is C4H9NO2S. The molecule has 4 heteroatoms. The molecule has 0 spiro atoms. The Kier molecular flexibility index (Phi) is 2.18. The van der Waals surface area contributed by atoms with Gasteiger partial charge >= 0.3 is 0 Å². The fourth-order valence-corrected chi connectivity index (χ4v) is 0.493. The van der Waals surface area contributed by atoms with E-state index in [1.807, 2.05) is 0 Å². The van der Waals surface area contributed by atoms with Crippen LogP contribution in [0.25, 0.3) is 0 Å². The van der Waals surface area contributed by atoms with Crippen LogP contribution in [0.5, 0.6) is 0 Å². The van der Waals surface area contributed by atoms with E-state index < -0.39 is 10.0 Å². The Morgan fingerprint density at radius 1 is 1.62 bits per heavy atom. The zero-order valence-corrected chi connectivity index (χ0v) is 5.70. The Hall–Kier alpha value is -0.350. The quantitative estimate of drug-likeness (QED) is 0.558. The van der Waals surface area contributed by atoms with Crippen molar-refractivity contribution in [2.75, 3.05) is 0 Å². The van der Waals surface area contributed by atoms with Crippen LogP contribution >= 0.6 is 0 Å². The van der Waals surface area contributed by atoms with E-state index in [-0.39, 0.29) is 4.91 Å². The summed E-state index contributed by atoms with van der Waals surface area (Å²) in [5, 5.41) is 4.69. The van der Waals surface area contributed by atoms with Crippen LogP contribution in [0, 0.1) is 0 Å². The topological polar surface area (TPSA) is 60.2 Å². The van der Waals surface area contributed by atoms with E-state index in [1.165, 1.54) is 13.0 Å². The van der Waals surface area contributed by atoms with Crippen molar-refractivity contribution < 1.29 is 8.42 Å². The lowest BCUT2D eigenvalue weighted by molar-refractivity contribution is 0.603. The highest BCUT2D eigenvalue weighted by molar-refractivity contribution is 7.93. The van der Waals surface area contributed by atoms with Crippen LogP contribution in [0.4, 0.5) is 0 Å². The second kappa shape index (κ2) is 2.28. The fourth-order valence-electron chi connectivity index (χ4n) is 0.164. The van der Waals surface area contributed by atoms with Crippen molar-refractivity contribution in [1.29, 1.82) is 0 Å². The van der Waals surface area contributed by atoms with Gasteiger partial charge in [0.2, 0.25) is 10.0 Å². The van der Waals surface area contributed by atoms with Crippen molar-refractivity contribution in [3.05, 3.63) is 11.0 Å². The van der Waals surface area contributed by atoms with Crippen LogP contribution in [-0.4, -0.2) is 8.42 Å². The lowest BCUT2D eigenvalue weighted by Crippen LogP contribution is -2.12. The lowest BCUT2D eigenvalue weighted by atomic mass is 10.6. The van der Waals surface area contributed by atoms with E-state index in [0.29, 0.717) is 0 Å². The molecule has 48 valence electrons. The summed E-state index contributed by atoms with van der Waals surface area (Å²) in [4.78, 5) is 0.206.